The van der Waals surface area contributed by atoms with Crippen LogP contribution in [0.15, 0.2) is 0 Å². The molecule has 1 aliphatic rings. The molecule has 0 aromatic carbocycles. The zero-order valence-corrected chi connectivity index (χ0v) is 7.63. The Morgan fingerprint density at radius 3 is 2.25 bits per heavy atom. The fourth-order valence-electron chi connectivity index (χ4n) is 1.55. The van der Waals surface area contributed by atoms with Gasteiger partial charge in [0.05, 0.1) is 11.5 Å². The highest BCUT2D eigenvalue weighted by atomic mass is 32.2. The normalized spacial score (nSPS) is 28.1. The van der Waals surface area contributed by atoms with Crippen molar-refractivity contribution in [2.45, 2.75) is 6.42 Å². The lowest BCUT2D eigenvalue weighted by Crippen LogP contribution is -2.23. The van der Waals surface area contributed by atoms with Gasteiger partial charge in [-0.2, -0.15) is 0 Å². The van der Waals surface area contributed by atoms with Crippen molar-refractivity contribution in [1.82, 2.24) is 0 Å². The summed E-state index contributed by atoms with van der Waals surface area (Å²) in [6, 6.07) is 0. The Balaban J connectivity index is 2.56. The van der Waals surface area contributed by atoms with Gasteiger partial charge in [-0.05, 0) is 12.3 Å². The van der Waals surface area contributed by atoms with Crippen LogP contribution in [0, 0.1) is 11.8 Å². The van der Waals surface area contributed by atoms with Crippen LogP contribution in [0.4, 0.5) is 0 Å². The Bertz CT molecular complexity index is 230. The summed E-state index contributed by atoms with van der Waals surface area (Å²) in [5.41, 5.74) is 0. The standard InChI is InChI=1S/C7H14O4S/c8-3-7(4-9)6-1-2-12(10,11)5-6/h6-9H,1-5H2. The molecule has 0 bridgehead atoms. The second kappa shape index (κ2) is 3.72. The van der Waals surface area contributed by atoms with Gasteiger partial charge < -0.3 is 10.2 Å². The molecule has 12 heavy (non-hydrogen) atoms. The first-order valence-corrected chi connectivity index (χ1v) is 5.83. The van der Waals surface area contributed by atoms with E-state index in [1.165, 1.54) is 0 Å². The van der Waals surface area contributed by atoms with Crippen molar-refractivity contribution in [3.8, 4) is 0 Å². The average molecular weight is 194 g/mol. The Hall–Kier alpha value is -0.130. The van der Waals surface area contributed by atoms with Gasteiger partial charge in [0.1, 0.15) is 0 Å². The van der Waals surface area contributed by atoms with Crippen molar-refractivity contribution in [2.75, 3.05) is 24.7 Å². The molecule has 1 heterocycles. The molecule has 1 rings (SSSR count). The first-order valence-electron chi connectivity index (χ1n) is 4.01. The third-order valence-electron chi connectivity index (χ3n) is 2.40. The highest BCUT2D eigenvalue weighted by Crippen LogP contribution is 2.25. The molecule has 0 radical (unpaired) electrons. The van der Waals surface area contributed by atoms with Crippen LogP contribution in [0.5, 0.6) is 0 Å². The van der Waals surface area contributed by atoms with E-state index >= 15 is 0 Å². The van der Waals surface area contributed by atoms with Crippen molar-refractivity contribution >= 4 is 9.84 Å². The molecule has 1 unspecified atom stereocenters. The zero-order valence-electron chi connectivity index (χ0n) is 6.81. The number of sulfone groups is 1. The fraction of sp³-hybridized carbons (Fsp3) is 1.00. The molecule has 5 heteroatoms. The summed E-state index contributed by atoms with van der Waals surface area (Å²) in [5.74, 6) is 0.0136. The van der Waals surface area contributed by atoms with Crippen molar-refractivity contribution in [2.24, 2.45) is 11.8 Å². The van der Waals surface area contributed by atoms with Gasteiger partial charge in [-0.3, -0.25) is 0 Å². The lowest BCUT2D eigenvalue weighted by atomic mass is 9.93. The molecule has 2 N–H and O–H groups in total. The maximum atomic E-state index is 11.0. The number of aliphatic hydroxyl groups excluding tert-OH is 2. The predicted molar refractivity (Wildman–Crippen MR) is 44.4 cm³/mol. The molecule has 0 aromatic rings. The molecular formula is C7H14O4S. The molecule has 4 nitrogen and oxygen atoms in total. The third-order valence-corrected chi connectivity index (χ3v) is 4.20. The lowest BCUT2D eigenvalue weighted by Gasteiger charge is -2.16. The highest BCUT2D eigenvalue weighted by molar-refractivity contribution is 7.91. The summed E-state index contributed by atoms with van der Waals surface area (Å²) in [4.78, 5) is 0. The van der Waals surface area contributed by atoms with Gasteiger partial charge in [-0.25, -0.2) is 8.42 Å². The summed E-state index contributed by atoms with van der Waals surface area (Å²) in [6.45, 7) is -0.257. The number of rotatable bonds is 3. The fourth-order valence-corrected chi connectivity index (χ4v) is 3.47. The van der Waals surface area contributed by atoms with Gasteiger partial charge in [0, 0.05) is 19.1 Å². The van der Waals surface area contributed by atoms with Crippen molar-refractivity contribution in [3.05, 3.63) is 0 Å². The van der Waals surface area contributed by atoms with E-state index < -0.39 is 9.84 Å². The Morgan fingerprint density at radius 1 is 1.33 bits per heavy atom. The molecule has 1 fully saturated rings. The summed E-state index contributed by atoms with van der Waals surface area (Å²) >= 11 is 0. The Morgan fingerprint density at radius 2 is 1.92 bits per heavy atom. The Kier molecular flexibility index (Phi) is 3.09. The second-order valence-electron chi connectivity index (χ2n) is 3.29. The molecule has 0 aromatic heterocycles. The first kappa shape index (κ1) is 9.95. The summed E-state index contributed by atoms with van der Waals surface area (Å²) in [7, 11) is -2.88. The molecule has 72 valence electrons. The largest absolute Gasteiger partial charge is 0.396 e. The number of hydrogen-bond acceptors (Lipinski definition) is 4. The molecule has 0 aliphatic carbocycles. The van der Waals surface area contributed by atoms with E-state index in [1.54, 1.807) is 0 Å². The average Bonchev–Trinajstić information content (AvgIpc) is 2.34. The topological polar surface area (TPSA) is 74.6 Å². The minimum Gasteiger partial charge on any atom is -0.396 e. The van der Waals surface area contributed by atoms with E-state index in [0.29, 0.717) is 6.42 Å². The van der Waals surface area contributed by atoms with Crippen LogP contribution in [0.3, 0.4) is 0 Å². The van der Waals surface area contributed by atoms with Crippen LogP contribution in [-0.2, 0) is 9.84 Å². The van der Waals surface area contributed by atoms with Crippen LogP contribution >= 0.6 is 0 Å². The van der Waals surface area contributed by atoms with Crippen molar-refractivity contribution in [1.29, 1.82) is 0 Å². The van der Waals surface area contributed by atoms with Gasteiger partial charge >= 0.3 is 0 Å². The van der Waals surface area contributed by atoms with Gasteiger partial charge in [-0.1, -0.05) is 0 Å². The second-order valence-corrected chi connectivity index (χ2v) is 5.52. The van der Waals surface area contributed by atoms with Crippen LogP contribution < -0.4 is 0 Å². The van der Waals surface area contributed by atoms with E-state index in [9.17, 15) is 8.42 Å². The SMILES string of the molecule is O=S1(=O)CCC(C(CO)CO)C1. The van der Waals surface area contributed by atoms with E-state index in [2.05, 4.69) is 0 Å². The lowest BCUT2D eigenvalue weighted by molar-refractivity contribution is 0.114. The monoisotopic (exact) mass is 194 g/mol. The van der Waals surface area contributed by atoms with Gasteiger partial charge in [0.2, 0.25) is 0 Å². The highest BCUT2D eigenvalue weighted by Gasteiger charge is 2.32. The maximum Gasteiger partial charge on any atom is 0.150 e. The molecule has 0 amide bonds. The summed E-state index contributed by atoms with van der Waals surface area (Å²) in [6.07, 6.45) is 0.578. The van der Waals surface area contributed by atoms with Gasteiger partial charge in [-0.15, -0.1) is 0 Å². The zero-order chi connectivity index (χ0) is 9.19. The Labute approximate surface area is 72.1 Å². The maximum absolute atomic E-state index is 11.0. The van der Waals surface area contributed by atoms with Crippen LogP contribution in [-0.4, -0.2) is 43.4 Å². The van der Waals surface area contributed by atoms with E-state index in [0.717, 1.165) is 0 Å². The third kappa shape index (κ3) is 2.18. The molecule has 1 aliphatic heterocycles. The van der Waals surface area contributed by atoms with E-state index in [4.69, 9.17) is 10.2 Å². The van der Waals surface area contributed by atoms with E-state index in [-0.39, 0.29) is 36.6 Å². The number of hydrogen-bond donors (Lipinski definition) is 2. The molecular weight excluding hydrogens is 180 g/mol. The minimum atomic E-state index is -2.88. The molecule has 1 atom stereocenters. The predicted octanol–water partition coefficient (Wildman–Crippen LogP) is -0.978. The van der Waals surface area contributed by atoms with Gasteiger partial charge in [0.15, 0.2) is 9.84 Å². The number of aliphatic hydroxyl groups is 2. The van der Waals surface area contributed by atoms with Crippen LogP contribution in [0.1, 0.15) is 6.42 Å². The summed E-state index contributed by atoms with van der Waals surface area (Å²) in [5, 5.41) is 17.6. The van der Waals surface area contributed by atoms with Crippen LogP contribution in [0.25, 0.3) is 0 Å². The first-order chi connectivity index (χ1) is 5.59. The minimum absolute atomic E-state index is 0.0509. The van der Waals surface area contributed by atoms with E-state index in [1.807, 2.05) is 0 Å². The molecule has 1 saturated heterocycles. The van der Waals surface area contributed by atoms with Crippen molar-refractivity contribution in [3.63, 3.8) is 0 Å². The van der Waals surface area contributed by atoms with Gasteiger partial charge in [0.25, 0.3) is 0 Å². The summed E-state index contributed by atoms with van der Waals surface area (Å²) < 4.78 is 22.0. The van der Waals surface area contributed by atoms with Crippen LogP contribution in [0.2, 0.25) is 0 Å². The van der Waals surface area contributed by atoms with Crippen molar-refractivity contribution < 1.29 is 18.6 Å². The quantitative estimate of drug-likeness (QED) is 0.605. The smallest absolute Gasteiger partial charge is 0.150 e. The molecule has 0 saturated carbocycles. The molecule has 0 spiro atoms.